The summed E-state index contributed by atoms with van der Waals surface area (Å²) in [6.45, 7) is 5.80. The molecule has 0 aliphatic rings. The van der Waals surface area contributed by atoms with Gasteiger partial charge in [-0.3, -0.25) is 0 Å². The maximum absolute atomic E-state index is 14.1. The van der Waals surface area contributed by atoms with Crippen LogP contribution in [0.5, 0.6) is 11.5 Å². The Bertz CT molecular complexity index is 1970. The first-order chi connectivity index (χ1) is 25.3. The number of hydrogen-bond acceptors (Lipinski definition) is 2. The first-order valence-corrected chi connectivity index (χ1v) is 18.2. The van der Waals surface area contributed by atoms with Crippen molar-refractivity contribution in [2.75, 3.05) is 13.2 Å². The van der Waals surface area contributed by atoms with E-state index < -0.39 is 11.7 Å². The summed E-state index contributed by atoms with van der Waals surface area (Å²) in [4.78, 5) is 0. The minimum absolute atomic E-state index is 0.0929. The van der Waals surface area contributed by atoms with Gasteiger partial charge < -0.3 is 9.47 Å². The van der Waals surface area contributed by atoms with E-state index in [9.17, 15) is 13.2 Å². The summed E-state index contributed by atoms with van der Waals surface area (Å²) in [5.74, 6) is 13.2. The van der Waals surface area contributed by atoms with Crippen molar-refractivity contribution in [3.05, 3.63) is 143 Å². The van der Waals surface area contributed by atoms with Crippen LogP contribution in [0.3, 0.4) is 0 Å². The van der Waals surface area contributed by atoms with Gasteiger partial charge in [0.05, 0.1) is 18.8 Å². The third-order valence-corrected chi connectivity index (χ3v) is 8.70. The van der Waals surface area contributed by atoms with E-state index in [0.29, 0.717) is 24.3 Å². The molecule has 0 atom stereocenters. The van der Waals surface area contributed by atoms with Crippen LogP contribution in [-0.4, -0.2) is 13.2 Å². The van der Waals surface area contributed by atoms with Crippen molar-refractivity contribution in [3.8, 4) is 57.4 Å². The zero-order valence-corrected chi connectivity index (χ0v) is 30.0. The quantitative estimate of drug-likeness (QED) is 0.0849. The van der Waals surface area contributed by atoms with Crippen molar-refractivity contribution in [3.63, 3.8) is 0 Å². The lowest BCUT2D eigenvalue weighted by Gasteiger charge is -2.09. The highest BCUT2D eigenvalue weighted by atomic mass is 19.4. The van der Waals surface area contributed by atoms with Gasteiger partial charge in [0.2, 0.25) is 0 Å². The van der Waals surface area contributed by atoms with Crippen molar-refractivity contribution < 1.29 is 22.6 Å². The Morgan fingerprint density at radius 2 is 0.827 bits per heavy atom. The van der Waals surface area contributed by atoms with E-state index in [1.165, 1.54) is 44.6 Å². The van der Waals surface area contributed by atoms with Crippen LogP contribution in [-0.2, 0) is 6.18 Å². The molecule has 52 heavy (non-hydrogen) atoms. The average Bonchev–Trinajstić information content (AvgIpc) is 3.17. The fourth-order valence-corrected chi connectivity index (χ4v) is 5.67. The molecule has 0 aromatic heterocycles. The number of hydrogen-bond donors (Lipinski definition) is 0. The maximum Gasteiger partial charge on any atom is 0.417 e. The standard InChI is InChI=1S/C47H45F3O2/c1-3-5-7-9-33-51-44-29-25-41(26-30-44)39-19-13-36(14-20-39)11-12-38-18-24-43(46(35-38)47(48,49)50)23-17-37-15-21-40(22-16-37)42-27-31-45(32-28-42)52-34-10-8-6-4-2/h13-16,18-22,24-32,35H,3-10,33-34H2,1-2H3. The van der Waals surface area contributed by atoms with E-state index in [-0.39, 0.29) is 11.1 Å². The molecule has 5 aromatic rings. The van der Waals surface area contributed by atoms with Crippen LogP contribution in [0.1, 0.15) is 93.0 Å². The van der Waals surface area contributed by atoms with Crippen molar-refractivity contribution in [1.29, 1.82) is 0 Å². The molecule has 0 saturated carbocycles. The molecule has 0 fully saturated rings. The summed E-state index contributed by atoms with van der Waals surface area (Å²) in [6, 6.07) is 35.1. The van der Waals surface area contributed by atoms with Gasteiger partial charge in [0, 0.05) is 22.3 Å². The lowest BCUT2D eigenvalue weighted by atomic mass is 10.0. The van der Waals surface area contributed by atoms with E-state index >= 15 is 0 Å². The molecule has 5 heteroatoms. The topological polar surface area (TPSA) is 18.5 Å². The Labute approximate surface area is 307 Å². The smallest absolute Gasteiger partial charge is 0.417 e. The Kier molecular flexibility index (Phi) is 14.0. The molecule has 2 nitrogen and oxygen atoms in total. The zero-order valence-electron chi connectivity index (χ0n) is 30.0. The van der Waals surface area contributed by atoms with Crippen molar-refractivity contribution >= 4 is 0 Å². The first kappa shape index (κ1) is 37.9. The van der Waals surface area contributed by atoms with Crippen molar-refractivity contribution in [2.45, 2.75) is 71.4 Å². The number of ether oxygens (including phenoxy) is 2. The fraction of sp³-hybridized carbons (Fsp3) is 0.277. The van der Waals surface area contributed by atoms with Crippen LogP contribution in [0.25, 0.3) is 22.3 Å². The van der Waals surface area contributed by atoms with Crippen LogP contribution < -0.4 is 9.47 Å². The van der Waals surface area contributed by atoms with Crippen LogP contribution in [0.4, 0.5) is 13.2 Å². The number of alkyl halides is 3. The Morgan fingerprint density at radius 3 is 1.25 bits per heavy atom. The van der Waals surface area contributed by atoms with Gasteiger partial charge in [-0.1, -0.05) is 125 Å². The second-order valence-corrected chi connectivity index (χ2v) is 12.8. The molecular weight excluding hydrogens is 654 g/mol. The van der Waals surface area contributed by atoms with Crippen LogP contribution in [0.2, 0.25) is 0 Å². The molecule has 0 bridgehead atoms. The molecule has 0 heterocycles. The van der Waals surface area contributed by atoms with Gasteiger partial charge in [-0.2, -0.15) is 13.2 Å². The molecule has 5 aromatic carbocycles. The first-order valence-electron chi connectivity index (χ1n) is 18.2. The van der Waals surface area contributed by atoms with Gasteiger partial charge in [-0.25, -0.2) is 0 Å². The molecule has 0 amide bonds. The number of halogens is 3. The normalized spacial score (nSPS) is 10.9. The van der Waals surface area contributed by atoms with E-state index in [4.69, 9.17) is 9.47 Å². The monoisotopic (exact) mass is 698 g/mol. The number of unbranched alkanes of at least 4 members (excludes halogenated alkanes) is 6. The van der Waals surface area contributed by atoms with E-state index in [1.54, 1.807) is 6.07 Å². The summed E-state index contributed by atoms with van der Waals surface area (Å²) < 4.78 is 54.0. The van der Waals surface area contributed by atoms with Gasteiger partial charge in [0.1, 0.15) is 11.5 Å². The Morgan fingerprint density at radius 1 is 0.442 bits per heavy atom. The van der Waals surface area contributed by atoms with Crippen molar-refractivity contribution in [2.24, 2.45) is 0 Å². The Balaban J connectivity index is 1.20. The third kappa shape index (κ3) is 11.6. The molecular formula is C47H45F3O2. The molecule has 266 valence electrons. The summed E-state index contributed by atoms with van der Waals surface area (Å²) in [7, 11) is 0. The average molecular weight is 699 g/mol. The largest absolute Gasteiger partial charge is 0.494 e. The second kappa shape index (κ2) is 19.3. The highest BCUT2D eigenvalue weighted by molar-refractivity contribution is 5.66. The van der Waals surface area contributed by atoms with Gasteiger partial charge in [0.15, 0.2) is 0 Å². The summed E-state index contributed by atoms with van der Waals surface area (Å²) >= 11 is 0. The third-order valence-electron chi connectivity index (χ3n) is 8.70. The minimum Gasteiger partial charge on any atom is -0.494 e. The van der Waals surface area contributed by atoms with Crippen molar-refractivity contribution in [1.82, 2.24) is 0 Å². The minimum atomic E-state index is -4.58. The fourth-order valence-electron chi connectivity index (χ4n) is 5.67. The number of benzene rings is 5. The van der Waals surface area contributed by atoms with Crippen LogP contribution >= 0.6 is 0 Å². The highest BCUT2D eigenvalue weighted by Gasteiger charge is 2.33. The summed E-state index contributed by atoms with van der Waals surface area (Å²) in [5.41, 5.74) is 4.77. The molecule has 0 aliphatic heterocycles. The predicted molar refractivity (Wildman–Crippen MR) is 206 cm³/mol. The lowest BCUT2D eigenvalue weighted by Crippen LogP contribution is -2.08. The predicted octanol–water partition coefficient (Wildman–Crippen LogP) is 12.8. The van der Waals surface area contributed by atoms with E-state index in [2.05, 4.69) is 37.5 Å². The molecule has 0 saturated heterocycles. The summed E-state index contributed by atoms with van der Waals surface area (Å²) in [6.07, 6.45) is 4.71. The molecule has 0 unspecified atom stereocenters. The Hall–Kier alpha value is -5.39. The SMILES string of the molecule is CCCCCCOc1ccc(-c2ccc(C#Cc3ccc(C#Cc4ccc(-c5ccc(OCCCCCC)cc5)cc4)c(C(F)(F)F)c3)cc2)cc1. The number of rotatable bonds is 14. The molecule has 0 spiro atoms. The van der Waals surface area contributed by atoms with Gasteiger partial charge >= 0.3 is 6.18 Å². The molecule has 0 N–H and O–H groups in total. The molecule has 0 aliphatic carbocycles. The van der Waals surface area contributed by atoms with E-state index in [0.717, 1.165) is 52.7 Å². The van der Waals surface area contributed by atoms with Crippen LogP contribution in [0.15, 0.2) is 115 Å². The van der Waals surface area contributed by atoms with Gasteiger partial charge in [-0.05, 0) is 102 Å². The lowest BCUT2D eigenvalue weighted by molar-refractivity contribution is -0.137. The van der Waals surface area contributed by atoms with Crippen LogP contribution in [0, 0.1) is 23.7 Å². The van der Waals surface area contributed by atoms with E-state index in [1.807, 2.05) is 97.1 Å². The summed E-state index contributed by atoms with van der Waals surface area (Å²) in [5, 5.41) is 0. The van der Waals surface area contributed by atoms with Gasteiger partial charge in [-0.15, -0.1) is 0 Å². The molecule has 5 rings (SSSR count). The zero-order chi connectivity index (χ0) is 36.6. The highest BCUT2D eigenvalue weighted by Crippen LogP contribution is 2.33. The maximum atomic E-state index is 14.1. The van der Waals surface area contributed by atoms with Gasteiger partial charge in [0.25, 0.3) is 0 Å². The second-order valence-electron chi connectivity index (χ2n) is 12.8. The molecule has 0 radical (unpaired) electrons.